The van der Waals surface area contributed by atoms with Crippen LogP contribution in [0.1, 0.15) is 21.6 Å². The number of rotatable bonds is 4. The van der Waals surface area contributed by atoms with Gasteiger partial charge >= 0.3 is 0 Å². The highest BCUT2D eigenvalue weighted by molar-refractivity contribution is 9.11. The predicted octanol–water partition coefficient (Wildman–Crippen LogP) is 2.55. The maximum absolute atomic E-state index is 12.0. The predicted molar refractivity (Wildman–Crippen MR) is 76.5 cm³/mol. The number of methoxy groups -OCH3 is 1. The van der Waals surface area contributed by atoms with E-state index in [-0.39, 0.29) is 5.91 Å². The Morgan fingerprint density at radius 1 is 1.53 bits per heavy atom. The Bertz CT molecular complexity index is 564. The first-order valence-corrected chi connectivity index (χ1v) is 7.07. The van der Waals surface area contributed by atoms with Crippen LogP contribution < -0.4 is 10.1 Å². The van der Waals surface area contributed by atoms with Crippen LogP contribution in [0.5, 0.6) is 5.88 Å². The molecule has 0 fully saturated rings. The number of aryl methyl sites for hydroxylation is 1. The van der Waals surface area contributed by atoms with Gasteiger partial charge in [0.1, 0.15) is 3.79 Å². The first-order valence-electron chi connectivity index (χ1n) is 5.50. The third-order valence-corrected chi connectivity index (χ3v) is 4.07. The monoisotopic (exact) mass is 341 g/mol. The van der Waals surface area contributed by atoms with Crippen molar-refractivity contribution in [1.29, 1.82) is 0 Å². The number of nitrogens with zero attached hydrogens (tertiary/aromatic N) is 2. The lowest BCUT2D eigenvalue weighted by atomic mass is 10.2. The molecule has 0 aromatic carbocycles. The number of hydrogen-bond acceptors (Lipinski definition) is 5. The molecule has 0 bridgehead atoms. The van der Waals surface area contributed by atoms with Crippen LogP contribution in [0.15, 0.2) is 22.1 Å². The quantitative estimate of drug-likeness (QED) is 0.928. The highest BCUT2D eigenvalue weighted by Crippen LogP contribution is 2.24. The SMILES string of the molecule is COc1ccc(CNC(=O)c2c(C)nsc2Br)cn1. The lowest BCUT2D eigenvalue weighted by Gasteiger charge is -2.05. The van der Waals surface area contributed by atoms with E-state index < -0.39 is 0 Å². The summed E-state index contributed by atoms with van der Waals surface area (Å²) in [5.74, 6) is 0.407. The van der Waals surface area contributed by atoms with E-state index in [1.165, 1.54) is 11.5 Å². The van der Waals surface area contributed by atoms with E-state index in [4.69, 9.17) is 4.74 Å². The van der Waals surface area contributed by atoms with Gasteiger partial charge in [-0.05, 0) is 39.9 Å². The summed E-state index contributed by atoms with van der Waals surface area (Å²) in [6, 6.07) is 3.62. The zero-order chi connectivity index (χ0) is 13.8. The van der Waals surface area contributed by atoms with Crippen molar-refractivity contribution in [3.63, 3.8) is 0 Å². The van der Waals surface area contributed by atoms with E-state index in [9.17, 15) is 4.79 Å². The lowest BCUT2D eigenvalue weighted by molar-refractivity contribution is 0.0950. The van der Waals surface area contributed by atoms with Crippen LogP contribution in [0.2, 0.25) is 0 Å². The maximum atomic E-state index is 12.0. The van der Waals surface area contributed by atoms with Crippen LogP contribution in [-0.2, 0) is 6.54 Å². The van der Waals surface area contributed by atoms with Crippen molar-refractivity contribution in [2.24, 2.45) is 0 Å². The van der Waals surface area contributed by atoms with E-state index in [0.29, 0.717) is 18.0 Å². The first kappa shape index (κ1) is 14.0. The van der Waals surface area contributed by atoms with Gasteiger partial charge < -0.3 is 10.1 Å². The molecule has 0 aliphatic carbocycles. The normalized spacial score (nSPS) is 10.3. The van der Waals surface area contributed by atoms with Gasteiger partial charge in [-0.15, -0.1) is 0 Å². The van der Waals surface area contributed by atoms with Crippen molar-refractivity contribution in [2.45, 2.75) is 13.5 Å². The Balaban J connectivity index is 2.00. The molecule has 0 spiro atoms. The summed E-state index contributed by atoms with van der Waals surface area (Å²) in [6.07, 6.45) is 1.67. The number of aromatic nitrogens is 2. The molecule has 2 rings (SSSR count). The number of halogens is 1. The highest BCUT2D eigenvalue weighted by atomic mass is 79.9. The number of pyridine rings is 1. The minimum Gasteiger partial charge on any atom is -0.481 e. The van der Waals surface area contributed by atoms with Crippen molar-refractivity contribution < 1.29 is 9.53 Å². The summed E-state index contributed by atoms with van der Waals surface area (Å²) >= 11 is 4.59. The smallest absolute Gasteiger partial charge is 0.255 e. The van der Waals surface area contributed by atoms with Gasteiger partial charge in [0.2, 0.25) is 5.88 Å². The molecular formula is C12H12BrN3O2S. The molecule has 0 aliphatic heterocycles. The fourth-order valence-corrected chi connectivity index (χ4v) is 2.83. The average Bonchev–Trinajstić information content (AvgIpc) is 2.76. The van der Waals surface area contributed by atoms with E-state index in [0.717, 1.165) is 15.0 Å². The molecule has 0 atom stereocenters. The number of nitrogens with one attached hydrogen (secondary N) is 1. The van der Waals surface area contributed by atoms with Gasteiger partial charge in [-0.3, -0.25) is 4.79 Å². The maximum Gasteiger partial charge on any atom is 0.255 e. The molecule has 0 radical (unpaired) electrons. The largest absolute Gasteiger partial charge is 0.481 e. The van der Waals surface area contributed by atoms with Crippen LogP contribution in [0, 0.1) is 6.92 Å². The summed E-state index contributed by atoms with van der Waals surface area (Å²) in [5.41, 5.74) is 2.22. The number of hydrogen-bond donors (Lipinski definition) is 1. The van der Waals surface area contributed by atoms with Crippen molar-refractivity contribution in [2.75, 3.05) is 7.11 Å². The molecule has 7 heteroatoms. The third-order valence-electron chi connectivity index (χ3n) is 2.51. The van der Waals surface area contributed by atoms with E-state index in [2.05, 4.69) is 30.6 Å². The van der Waals surface area contributed by atoms with Crippen LogP contribution in [0.25, 0.3) is 0 Å². The summed E-state index contributed by atoms with van der Waals surface area (Å²) in [4.78, 5) is 16.1. The first-order chi connectivity index (χ1) is 9.11. The van der Waals surface area contributed by atoms with Gasteiger partial charge in [-0.1, -0.05) is 6.07 Å². The van der Waals surface area contributed by atoms with Crippen molar-refractivity contribution in [3.05, 3.63) is 38.9 Å². The van der Waals surface area contributed by atoms with Crippen LogP contribution >= 0.6 is 27.5 Å². The molecule has 5 nitrogen and oxygen atoms in total. The highest BCUT2D eigenvalue weighted by Gasteiger charge is 2.16. The summed E-state index contributed by atoms with van der Waals surface area (Å²) in [5, 5.41) is 2.84. The average molecular weight is 342 g/mol. The Kier molecular flexibility index (Phi) is 4.49. The van der Waals surface area contributed by atoms with Crippen molar-refractivity contribution >= 4 is 33.4 Å². The molecule has 19 heavy (non-hydrogen) atoms. The summed E-state index contributed by atoms with van der Waals surface area (Å²) in [6.45, 7) is 2.22. The molecule has 0 aliphatic rings. The van der Waals surface area contributed by atoms with E-state index in [1.807, 2.05) is 13.0 Å². The fraction of sp³-hybridized carbons (Fsp3) is 0.250. The molecule has 100 valence electrons. The third kappa shape index (κ3) is 3.30. The molecule has 0 saturated carbocycles. The Labute approximate surface area is 123 Å². The number of carbonyl (C=O) groups excluding carboxylic acids is 1. The van der Waals surface area contributed by atoms with Crippen molar-refractivity contribution in [1.82, 2.24) is 14.7 Å². The molecule has 1 amide bonds. The molecule has 2 aromatic heterocycles. The van der Waals surface area contributed by atoms with Gasteiger partial charge in [0.15, 0.2) is 0 Å². The van der Waals surface area contributed by atoms with Gasteiger partial charge in [0.25, 0.3) is 5.91 Å². The van der Waals surface area contributed by atoms with Crippen LogP contribution in [0.4, 0.5) is 0 Å². The van der Waals surface area contributed by atoms with E-state index in [1.54, 1.807) is 19.4 Å². The number of amides is 1. The second-order valence-electron chi connectivity index (χ2n) is 3.81. The molecule has 1 N–H and O–H groups in total. The van der Waals surface area contributed by atoms with Gasteiger partial charge in [0, 0.05) is 18.8 Å². The molecule has 2 heterocycles. The molecule has 0 saturated heterocycles. The van der Waals surface area contributed by atoms with E-state index >= 15 is 0 Å². The Morgan fingerprint density at radius 2 is 2.32 bits per heavy atom. The Hall–Kier alpha value is -1.47. The lowest BCUT2D eigenvalue weighted by Crippen LogP contribution is -2.23. The topological polar surface area (TPSA) is 64.1 Å². The minimum absolute atomic E-state index is 0.144. The number of ether oxygens (including phenoxy) is 1. The standard InChI is InChI=1S/C12H12BrN3O2S/c1-7-10(11(13)19-16-7)12(17)15-6-8-3-4-9(18-2)14-5-8/h3-5H,6H2,1-2H3,(H,15,17). The molecular weight excluding hydrogens is 330 g/mol. The fourth-order valence-electron chi connectivity index (χ4n) is 1.50. The summed E-state index contributed by atoms with van der Waals surface area (Å²) < 4.78 is 9.84. The Morgan fingerprint density at radius 3 is 2.84 bits per heavy atom. The number of carbonyl (C=O) groups is 1. The van der Waals surface area contributed by atoms with Crippen LogP contribution in [0.3, 0.4) is 0 Å². The van der Waals surface area contributed by atoms with Gasteiger partial charge in [-0.25, -0.2) is 4.98 Å². The second-order valence-corrected chi connectivity index (χ2v) is 5.90. The molecule has 2 aromatic rings. The zero-order valence-electron chi connectivity index (χ0n) is 10.4. The zero-order valence-corrected chi connectivity index (χ0v) is 12.8. The van der Waals surface area contributed by atoms with Crippen molar-refractivity contribution in [3.8, 4) is 5.88 Å². The van der Waals surface area contributed by atoms with Gasteiger partial charge in [-0.2, -0.15) is 4.37 Å². The minimum atomic E-state index is -0.144. The summed E-state index contributed by atoms with van der Waals surface area (Å²) in [7, 11) is 1.56. The van der Waals surface area contributed by atoms with Gasteiger partial charge in [0.05, 0.1) is 18.4 Å². The van der Waals surface area contributed by atoms with Crippen LogP contribution in [-0.4, -0.2) is 22.4 Å². The second kappa shape index (κ2) is 6.12. The molecule has 0 unspecified atom stereocenters.